The summed E-state index contributed by atoms with van der Waals surface area (Å²) >= 11 is 0. The lowest BCUT2D eigenvalue weighted by molar-refractivity contribution is -0.132. The molecule has 11 nitrogen and oxygen atoms in total. The van der Waals surface area contributed by atoms with Crippen LogP contribution in [0.3, 0.4) is 0 Å². The number of rotatable bonds is 16. The van der Waals surface area contributed by atoms with E-state index in [1.807, 2.05) is 58.0 Å². The Kier molecular flexibility index (Phi) is 14.3. The molecule has 236 valence electrons. The van der Waals surface area contributed by atoms with Crippen LogP contribution < -0.4 is 27.0 Å². The molecule has 0 saturated heterocycles. The van der Waals surface area contributed by atoms with Crippen LogP contribution in [0.4, 0.5) is 0 Å². The van der Waals surface area contributed by atoms with Crippen molar-refractivity contribution in [3.8, 4) is 0 Å². The molecule has 7 N–H and O–H groups in total. The summed E-state index contributed by atoms with van der Waals surface area (Å²) < 4.78 is 0. The van der Waals surface area contributed by atoms with E-state index in [0.717, 1.165) is 11.1 Å². The number of nitrogens with two attached hydrogens (primary N) is 1. The number of pyridine rings is 1. The number of hydrogen-bond donors (Lipinski definition) is 6. The highest BCUT2D eigenvalue weighted by Crippen LogP contribution is 2.15. The van der Waals surface area contributed by atoms with E-state index in [-0.39, 0.29) is 30.1 Å². The van der Waals surface area contributed by atoms with E-state index in [4.69, 9.17) is 5.73 Å². The van der Waals surface area contributed by atoms with Gasteiger partial charge < -0.3 is 32.1 Å². The second kappa shape index (κ2) is 17.3. The summed E-state index contributed by atoms with van der Waals surface area (Å²) in [7, 11) is 0. The van der Waals surface area contributed by atoms with Gasteiger partial charge in [0.25, 0.3) is 0 Å². The number of nitrogens with zero attached hydrogens (tertiary/aromatic N) is 1. The summed E-state index contributed by atoms with van der Waals surface area (Å²) in [5.74, 6) is -2.55. The fraction of sp³-hybridized carbons (Fsp3) is 0.531. The van der Waals surface area contributed by atoms with Crippen molar-refractivity contribution in [3.05, 3.63) is 66.0 Å². The van der Waals surface area contributed by atoms with Gasteiger partial charge in [0.2, 0.25) is 23.6 Å². The van der Waals surface area contributed by atoms with Gasteiger partial charge in [0, 0.05) is 24.9 Å². The predicted molar refractivity (Wildman–Crippen MR) is 165 cm³/mol. The topological polar surface area (TPSA) is 176 Å². The molecule has 0 aliphatic heterocycles. The number of hydrogen-bond acceptors (Lipinski definition) is 7. The first-order chi connectivity index (χ1) is 20.3. The lowest BCUT2D eigenvalue weighted by Crippen LogP contribution is -2.55. The molecule has 0 aliphatic rings. The molecular weight excluding hydrogens is 548 g/mol. The van der Waals surface area contributed by atoms with Crippen LogP contribution >= 0.6 is 0 Å². The van der Waals surface area contributed by atoms with Gasteiger partial charge in [-0.15, -0.1) is 0 Å². The van der Waals surface area contributed by atoms with Gasteiger partial charge in [-0.25, -0.2) is 0 Å². The molecule has 11 heteroatoms. The first-order valence-electron chi connectivity index (χ1n) is 14.8. The molecule has 0 radical (unpaired) electrons. The Morgan fingerprint density at radius 1 is 0.767 bits per heavy atom. The van der Waals surface area contributed by atoms with Crippen molar-refractivity contribution in [3.63, 3.8) is 0 Å². The highest BCUT2D eigenvalue weighted by Gasteiger charge is 2.31. The number of benzene rings is 1. The van der Waals surface area contributed by atoms with Crippen LogP contribution in [0.1, 0.15) is 59.1 Å². The second-order valence-electron chi connectivity index (χ2n) is 11.8. The summed E-state index contributed by atoms with van der Waals surface area (Å²) in [4.78, 5) is 55.5. The van der Waals surface area contributed by atoms with E-state index in [1.54, 1.807) is 38.4 Å². The minimum atomic E-state index is -1.09. The van der Waals surface area contributed by atoms with Gasteiger partial charge in [-0.1, -0.05) is 65.0 Å². The average Bonchev–Trinajstić information content (AvgIpc) is 2.98. The van der Waals surface area contributed by atoms with Gasteiger partial charge in [-0.05, 0) is 54.9 Å². The lowest BCUT2D eigenvalue weighted by atomic mass is 9.92. The number of aliphatic hydroxyl groups is 1. The van der Waals surface area contributed by atoms with Crippen molar-refractivity contribution in [1.29, 1.82) is 0 Å². The van der Waals surface area contributed by atoms with Crippen molar-refractivity contribution < 1.29 is 24.3 Å². The molecule has 1 heterocycles. The van der Waals surface area contributed by atoms with Crippen LogP contribution in [0.5, 0.6) is 0 Å². The van der Waals surface area contributed by atoms with E-state index < -0.39 is 48.0 Å². The third kappa shape index (κ3) is 11.8. The first kappa shape index (κ1) is 35.4. The highest BCUT2D eigenvalue weighted by molar-refractivity contribution is 5.90. The first-order valence-corrected chi connectivity index (χ1v) is 14.8. The summed E-state index contributed by atoms with van der Waals surface area (Å²) in [6, 6.07) is 9.79. The Hall–Kier alpha value is -3.83. The maximum Gasteiger partial charge on any atom is 0.243 e. The van der Waals surface area contributed by atoms with Crippen molar-refractivity contribution in [2.24, 2.45) is 23.5 Å². The standard InChI is InChI=1S/C32H48N6O5/c1-19(2)27(33)31(42)36-22(6)30(41)37-25(17-23-10-8-7-9-11-23)26(39)16-21(5)29(40)38-28(20(3)4)32(43)35-18-24-12-14-34-15-13-24/h7-15,19-22,25-28,39H,16-18,33H2,1-6H3,(H,35,43)(H,36,42)(H,37,41)(H,38,40)/t21-,22+,25+,26+,27+,28+/m1/s1. The van der Waals surface area contributed by atoms with E-state index in [9.17, 15) is 24.3 Å². The molecule has 0 bridgehead atoms. The number of aliphatic hydroxyl groups excluding tert-OH is 1. The van der Waals surface area contributed by atoms with Gasteiger partial charge in [0.1, 0.15) is 12.1 Å². The van der Waals surface area contributed by atoms with Gasteiger partial charge in [-0.2, -0.15) is 0 Å². The van der Waals surface area contributed by atoms with Crippen molar-refractivity contribution in [1.82, 2.24) is 26.3 Å². The van der Waals surface area contributed by atoms with Crippen LogP contribution in [-0.4, -0.2) is 64.0 Å². The zero-order valence-corrected chi connectivity index (χ0v) is 26.0. The fourth-order valence-corrected chi connectivity index (χ4v) is 4.40. The normalized spacial score (nSPS) is 15.5. The van der Waals surface area contributed by atoms with Crippen molar-refractivity contribution >= 4 is 23.6 Å². The van der Waals surface area contributed by atoms with Crippen molar-refractivity contribution in [2.75, 3.05) is 0 Å². The molecule has 43 heavy (non-hydrogen) atoms. The molecule has 0 aliphatic carbocycles. The fourth-order valence-electron chi connectivity index (χ4n) is 4.40. The number of amides is 4. The molecule has 4 amide bonds. The molecule has 0 spiro atoms. The molecule has 1 aromatic heterocycles. The van der Waals surface area contributed by atoms with E-state index >= 15 is 0 Å². The monoisotopic (exact) mass is 596 g/mol. The molecule has 0 fully saturated rings. The van der Waals surface area contributed by atoms with Crippen LogP contribution in [0.2, 0.25) is 0 Å². The molecule has 2 rings (SSSR count). The maximum absolute atomic E-state index is 13.2. The zero-order chi connectivity index (χ0) is 32.1. The molecule has 2 aromatic rings. The Morgan fingerprint density at radius 3 is 1.98 bits per heavy atom. The van der Waals surface area contributed by atoms with Gasteiger partial charge >= 0.3 is 0 Å². The van der Waals surface area contributed by atoms with Gasteiger partial charge in [0.15, 0.2) is 0 Å². The van der Waals surface area contributed by atoms with Gasteiger partial charge in [-0.3, -0.25) is 24.2 Å². The van der Waals surface area contributed by atoms with E-state index in [2.05, 4.69) is 26.3 Å². The summed E-state index contributed by atoms with van der Waals surface area (Å²) in [6.07, 6.45) is 2.53. The second-order valence-corrected chi connectivity index (χ2v) is 11.8. The zero-order valence-electron chi connectivity index (χ0n) is 26.0. The minimum absolute atomic E-state index is 0.0338. The summed E-state index contributed by atoms with van der Waals surface area (Å²) in [6.45, 7) is 10.8. The van der Waals surface area contributed by atoms with Crippen molar-refractivity contribution in [2.45, 2.75) is 91.2 Å². The molecule has 0 unspecified atom stereocenters. The number of nitrogens with one attached hydrogen (secondary N) is 4. The summed E-state index contributed by atoms with van der Waals surface area (Å²) in [5.41, 5.74) is 7.68. The average molecular weight is 597 g/mol. The van der Waals surface area contributed by atoms with Crippen LogP contribution in [0.15, 0.2) is 54.9 Å². The van der Waals surface area contributed by atoms with Crippen LogP contribution in [0, 0.1) is 17.8 Å². The van der Waals surface area contributed by atoms with Crippen LogP contribution in [-0.2, 0) is 32.1 Å². The summed E-state index contributed by atoms with van der Waals surface area (Å²) in [5, 5.41) is 22.4. The number of carbonyl (C=O) groups excluding carboxylic acids is 4. The Bertz CT molecular complexity index is 1180. The molecule has 1 aromatic carbocycles. The van der Waals surface area contributed by atoms with E-state index in [0.29, 0.717) is 13.0 Å². The Morgan fingerprint density at radius 2 is 1.40 bits per heavy atom. The third-order valence-electron chi connectivity index (χ3n) is 7.37. The predicted octanol–water partition coefficient (Wildman–Crippen LogP) is 1.44. The molecule has 0 saturated carbocycles. The minimum Gasteiger partial charge on any atom is -0.391 e. The third-order valence-corrected chi connectivity index (χ3v) is 7.37. The number of carbonyl (C=O) groups is 4. The highest BCUT2D eigenvalue weighted by atomic mass is 16.3. The maximum atomic E-state index is 13.2. The van der Waals surface area contributed by atoms with Gasteiger partial charge in [0.05, 0.1) is 18.2 Å². The molecule has 6 atom stereocenters. The van der Waals surface area contributed by atoms with Crippen LogP contribution in [0.25, 0.3) is 0 Å². The SMILES string of the molecule is CC(C)[C@H](N)C(=O)N[C@@H](C)C(=O)N[C@@H](Cc1ccccc1)[C@@H](O)C[C@@H](C)C(=O)N[C@H](C(=O)NCc1ccncc1)C(C)C. The number of aromatic nitrogens is 1. The largest absolute Gasteiger partial charge is 0.391 e. The lowest BCUT2D eigenvalue weighted by Gasteiger charge is -2.29. The molecular formula is C32H48N6O5. The quantitative estimate of drug-likeness (QED) is 0.170. The Balaban J connectivity index is 2.06. The smallest absolute Gasteiger partial charge is 0.243 e. The van der Waals surface area contributed by atoms with E-state index in [1.165, 1.54) is 0 Å². The Labute approximate surface area is 254 Å².